The lowest BCUT2D eigenvalue weighted by atomic mass is 10.2. The van der Waals surface area contributed by atoms with Crippen molar-refractivity contribution in [3.05, 3.63) is 59.5 Å². The highest BCUT2D eigenvalue weighted by Gasteiger charge is 2.07. The van der Waals surface area contributed by atoms with E-state index < -0.39 is 0 Å². The van der Waals surface area contributed by atoms with Gasteiger partial charge in [-0.2, -0.15) is 0 Å². The highest BCUT2D eigenvalue weighted by molar-refractivity contribution is 5.16. The van der Waals surface area contributed by atoms with Crippen LogP contribution in [0.1, 0.15) is 30.7 Å². The molecule has 0 bridgehead atoms. The van der Waals surface area contributed by atoms with Gasteiger partial charge in [0, 0.05) is 11.6 Å². The van der Waals surface area contributed by atoms with Crippen LogP contribution in [0.4, 0.5) is 0 Å². The minimum Gasteiger partial charge on any atom is -0.468 e. The summed E-state index contributed by atoms with van der Waals surface area (Å²) < 4.78 is 11.2. The largest absolute Gasteiger partial charge is 0.468 e. The molecule has 0 atom stereocenters. The lowest BCUT2D eigenvalue weighted by Gasteiger charge is -2.08. The lowest BCUT2D eigenvalue weighted by Crippen LogP contribution is -2.22. The first kappa shape index (κ1) is 13.8. The second-order valence-electron chi connectivity index (χ2n) is 4.88. The van der Waals surface area contributed by atoms with E-state index in [2.05, 4.69) is 31.3 Å². The Bertz CT molecular complexity index is 477. The second-order valence-corrected chi connectivity index (χ2v) is 4.88. The molecule has 0 aliphatic heterocycles. The highest BCUT2D eigenvalue weighted by Crippen LogP contribution is 2.13. The van der Waals surface area contributed by atoms with E-state index in [1.165, 1.54) is 5.56 Å². The van der Waals surface area contributed by atoms with Gasteiger partial charge >= 0.3 is 0 Å². The average Bonchev–Trinajstić information content (AvgIpc) is 2.85. The van der Waals surface area contributed by atoms with Crippen molar-refractivity contribution in [2.45, 2.75) is 39.6 Å². The van der Waals surface area contributed by atoms with Crippen molar-refractivity contribution in [2.75, 3.05) is 0 Å². The predicted octanol–water partition coefficient (Wildman–Crippen LogP) is 3.49. The maximum Gasteiger partial charge on any atom is 0.123 e. The Kier molecular flexibility index (Phi) is 5.19. The molecule has 2 rings (SSSR count). The number of benzene rings is 1. The molecule has 1 aromatic carbocycles. The molecule has 1 N–H and O–H groups in total. The Hall–Kier alpha value is -1.58. The summed E-state index contributed by atoms with van der Waals surface area (Å²) in [6, 6.07) is 12.6. The average molecular weight is 259 g/mol. The minimum atomic E-state index is 0.447. The summed E-state index contributed by atoms with van der Waals surface area (Å²) >= 11 is 0. The van der Waals surface area contributed by atoms with Gasteiger partial charge in [-0.1, -0.05) is 44.2 Å². The van der Waals surface area contributed by atoms with E-state index in [0.717, 1.165) is 17.9 Å². The SMILES string of the molecule is CC(C)NCc1occc1COCc1ccccc1. The molecule has 0 fully saturated rings. The molecule has 0 amide bonds. The molecule has 3 heteroatoms. The fourth-order valence-electron chi connectivity index (χ4n) is 1.80. The fraction of sp³-hybridized carbons (Fsp3) is 0.375. The van der Waals surface area contributed by atoms with Gasteiger partial charge in [-0.25, -0.2) is 0 Å². The first-order chi connectivity index (χ1) is 9.25. The summed E-state index contributed by atoms with van der Waals surface area (Å²) in [5.41, 5.74) is 2.30. The molecule has 0 radical (unpaired) electrons. The van der Waals surface area contributed by atoms with E-state index in [-0.39, 0.29) is 0 Å². The molecule has 2 aromatic rings. The van der Waals surface area contributed by atoms with Crippen molar-refractivity contribution < 1.29 is 9.15 Å². The first-order valence-corrected chi connectivity index (χ1v) is 6.66. The normalized spacial score (nSPS) is 11.1. The van der Waals surface area contributed by atoms with Gasteiger partial charge in [0.2, 0.25) is 0 Å². The van der Waals surface area contributed by atoms with Gasteiger partial charge in [0.05, 0.1) is 26.0 Å². The molecule has 102 valence electrons. The van der Waals surface area contributed by atoms with Crippen LogP contribution in [-0.4, -0.2) is 6.04 Å². The van der Waals surface area contributed by atoms with Gasteiger partial charge in [0.25, 0.3) is 0 Å². The molecule has 1 aromatic heterocycles. The molecule has 0 saturated carbocycles. The monoisotopic (exact) mass is 259 g/mol. The molecule has 19 heavy (non-hydrogen) atoms. The van der Waals surface area contributed by atoms with E-state index in [1.54, 1.807) is 6.26 Å². The number of nitrogens with one attached hydrogen (secondary N) is 1. The van der Waals surface area contributed by atoms with Crippen molar-refractivity contribution in [3.63, 3.8) is 0 Å². The van der Waals surface area contributed by atoms with Crippen LogP contribution in [0.3, 0.4) is 0 Å². The van der Waals surface area contributed by atoms with Gasteiger partial charge in [0.1, 0.15) is 5.76 Å². The number of hydrogen-bond acceptors (Lipinski definition) is 3. The molecule has 0 spiro atoms. The number of hydrogen-bond donors (Lipinski definition) is 1. The molecular formula is C16H21NO2. The molecular weight excluding hydrogens is 238 g/mol. The predicted molar refractivity (Wildman–Crippen MR) is 75.6 cm³/mol. The smallest absolute Gasteiger partial charge is 0.123 e. The molecule has 0 unspecified atom stereocenters. The summed E-state index contributed by atoms with van der Waals surface area (Å²) in [5.74, 6) is 0.960. The zero-order valence-corrected chi connectivity index (χ0v) is 11.6. The maximum absolute atomic E-state index is 5.72. The Morgan fingerprint density at radius 1 is 1.11 bits per heavy atom. The zero-order valence-electron chi connectivity index (χ0n) is 11.6. The van der Waals surface area contributed by atoms with Gasteiger partial charge < -0.3 is 14.5 Å². The second kappa shape index (κ2) is 7.12. The third-order valence-electron chi connectivity index (χ3n) is 2.88. The maximum atomic E-state index is 5.72. The summed E-state index contributed by atoms with van der Waals surface area (Å²) in [4.78, 5) is 0. The van der Waals surface area contributed by atoms with E-state index >= 15 is 0 Å². The van der Waals surface area contributed by atoms with Crippen molar-refractivity contribution in [2.24, 2.45) is 0 Å². The van der Waals surface area contributed by atoms with E-state index in [9.17, 15) is 0 Å². The number of rotatable bonds is 7. The standard InChI is InChI=1S/C16H21NO2/c1-13(2)17-10-16-15(8-9-19-16)12-18-11-14-6-4-3-5-7-14/h3-9,13,17H,10-12H2,1-2H3. The number of ether oxygens (including phenoxy) is 1. The molecule has 0 saturated heterocycles. The van der Waals surface area contributed by atoms with Crippen LogP contribution < -0.4 is 5.32 Å². The van der Waals surface area contributed by atoms with Crippen LogP contribution in [-0.2, 0) is 24.5 Å². The fourth-order valence-corrected chi connectivity index (χ4v) is 1.80. The summed E-state index contributed by atoms with van der Waals surface area (Å²) in [5, 5.41) is 3.35. The van der Waals surface area contributed by atoms with Gasteiger partial charge in [-0.05, 0) is 11.6 Å². The van der Waals surface area contributed by atoms with Crippen molar-refractivity contribution in [1.82, 2.24) is 5.32 Å². The van der Waals surface area contributed by atoms with Crippen LogP contribution in [0.15, 0.2) is 47.1 Å². The van der Waals surface area contributed by atoms with Crippen LogP contribution in [0.5, 0.6) is 0 Å². The Balaban J connectivity index is 1.81. The van der Waals surface area contributed by atoms with E-state index in [4.69, 9.17) is 9.15 Å². The van der Waals surface area contributed by atoms with Crippen molar-refractivity contribution in [3.8, 4) is 0 Å². The Morgan fingerprint density at radius 2 is 1.89 bits per heavy atom. The third-order valence-corrected chi connectivity index (χ3v) is 2.88. The zero-order chi connectivity index (χ0) is 13.5. The number of furan rings is 1. The summed E-state index contributed by atoms with van der Waals surface area (Å²) in [6.45, 7) is 6.20. The highest BCUT2D eigenvalue weighted by atomic mass is 16.5. The topological polar surface area (TPSA) is 34.4 Å². The van der Waals surface area contributed by atoms with Gasteiger partial charge in [-0.3, -0.25) is 0 Å². The molecule has 1 heterocycles. The van der Waals surface area contributed by atoms with Crippen LogP contribution in [0.25, 0.3) is 0 Å². The van der Waals surface area contributed by atoms with Crippen LogP contribution in [0, 0.1) is 0 Å². The summed E-state index contributed by atoms with van der Waals surface area (Å²) in [6.07, 6.45) is 1.72. The third kappa shape index (κ3) is 4.54. The van der Waals surface area contributed by atoms with Crippen molar-refractivity contribution >= 4 is 0 Å². The van der Waals surface area contributed by atoms with Crippen LogP contribution >= 0.6 is 0 Å². The van der Waals surface area contributed by atoms with E-state index in [1.807, 2.05) is 24.3 Å². The van der Waals surface area contributed by atoms with E-state index in [0.29, 0.717) is 19.3 Å². The minimum absolute atomic E-state index is 0.447. The molecule has 0 aliphatic carbocycles. The van der Waals surface area contributed by atoms with Crippen molar-refractivity contribution in [1.29, 1.82) is 0 Å². The molecule has 3 nitrogen and oxygen atoms in total. The quantitative estimate of drug-likeness (QED) is 0.826. The lowest BCUT2D eigenvalue weighted by molar-refractivity contribution is 0.106. The Morgan fingerprint density at radius 3 is 2.63 bits per heavy atom. The Labute approximate surface area is 114 Å². The molecule has 0 aliphatic rings. The summed E-state index contributed by atoms with van der Waals surface area (Å²) in [7, 11) is 0. The van der Waals surface area contributed by atoms with Gasteiger partial charge in [-0.15, -0.1) is 0 Å². The van der Waals surface area contributed by atoms with Crippen LogP contribution in [0.2, 0.25) is 0 Å². The first-order valence-electron chi connectivity index (χ1n) is 6.66. The van der Waals surface area contributed by atoms with Gasteiger partial charge in [0.15, 0.2) is 0 Å².